The third-order valence-corrected chi connectivity index (χ3v) is 5.79. The van der Waals surface area contributed by atoms with Crippen molar-refractivity contribution in [3.05, 3.63) is 48.2 Å². The zero-order valence-electron chi connectivity index (χ0n) is 18.0. The second-order valence-corrected chi connectivity index (χ2v) is 8.25. The number of ketones is 1. The highest BCUT2D eigenvalue weighted by Crippen LogP contribution is 2.49. The molecule has 5 rings (SSSR count). The topological polar surface area (TPSA) is 102 Å². The van der Waals surface area contributed by atoms with Crippen LogP contribution in [0.15, 0.2) is 36.9 Å². The summed E-state index contributed by atoms with van der Waals surface area (Å²) in [6.45, 7) is 3.85. The number of amides is 1. The number of anilines is 1. The molecule has 1 amide bonds. The number of pyridine rings is 3. The molecule has 4 heterocycles. The van der Waals surface area contributed by atoms with Crippen LogP contribution in [0.5, 0.6) is 0 Å². The largest absolute Gasteiger partial charge is 0.310 e. The number of hydrogen-bond acceptors (Lipinski definition) is 6. The molecule has 4 aromatic rings. The molecule has 1 aliphatic rings. The molecule has 1 aliphatic carbocycles. The van der Waals surface area contributed by atoms with Crippen molar-refractivity contribution in [2.45, 2.75) is 39.0 Å². The first-order valence-electron chi connectivity index (χ1n) is 10.6. The quantitative estimate of drug-likeness (QED) is 0.441. The van der Waals surface area contributed by atoms with E-state index in [9.17, 15) is 18.4 Å². The number of hydrogen-bond donors (Lipinski definition) is 1. The number of halogens is 2. The molecule has 0 bridgehead atoms. The number of fused-ring (bicyclic) bond motifs is 3. The van der Waals surface area contributed by atoms with E-state index in [1.807, 2.05) is 19.9 Å². The van der Waals surface area contributed by atoms with Gasteiger partial charge in [0, 0.05) is 47.8 Å². The number of alkyl halides is 2. The summed E-state index contributed by atoms with van der Waals surface area (Å²) in [6.07, 6.45) is 5.36. The Morgan fingerprint density at radius 3 is 2.64 bits per heavy atom. The maximum atomic E-state index is 13.2. The van der Waals surface area contributed by atoms with Crippen LogP contribution in [0.2, 0.25) is 0 Å². The summed E-state index contributed by atoms with van der Waals surface area (Å²) < 4.78 is 28.0. The van der Waals surface area contributed by atoms with E-state index in [-0.39, 0.29) is 11.6 Å². The van der Waals surface area contributed by atoms with Gasteiger partial charge >= 0.3 is 0 Å². The normalized spacial score (nSPS) is 16.8. The summed E-state index contributed by atoms with van der Waals surface area (Å²) in [7, 11) is 0. The van der Waals surface area contributed by atoms with Gasteiger partial charge in [0.1, 0.15) is 23.8 Å². The highest BCUT2D eigenvalue weighted by Gasteiger charge is 2.61. The fourth-order valence-corrected chi connectivity index (χ4v) is 3.89. The Morgan fingerprint density at radius 2 is 1.94 bits per heavy atom. The van der Waals surface area contributed by atoms with E-state index >= 15 is 0 Å². The van der Waals surface area contributed by atoms with Crippen LogP contribution in [0.25, 0.3) is 27.7 Å². The minimum Gasteiger partial charge on any atom is -0.310 e. The van der Waals surface area contributed by atoms with Gasteiger partial charge in [-0.05, 0) is 31.0 Å². The Balaban J connectivity index is 1.54. The smallest absolute Gasteiger partial charge is 0.260 e. The summed E-state index contributed by atoms with van der Waals surface area (Å²) in [5.74, 6) is -4.85. The molecular formula is C23H20F2N6O2. The first kappa shape index (κ1) is 21.0. The molecule has 1 N–H and O–H groups in total. The van der Waals surface area contributed by atoms with Crippen molar-refractivity contribution in [2.24, 2.45) is 5.92 Å². The molecule has 4 aromatic heterocycles. The van der Waals surface area contributed by atoms with Crippen molar-refractivity contribution in [2.75, 3.05) is 5.32 Å². The van der Waals surface area contributed by atoms with Crippen LogP contribution in [-0.2, 0) is 4.79 Å². The van der Waals surface area contributed by atoms with Gasteiger partial charge in [0.2, 0.25) is 5.91 Å². The first-order chi connectivity index (χ1) is 15.8. The van der Waals surface area contributed by atoms with Gasteiger partial charge in [-0.2, -0.15) is 5.10 Å². The Labute approximate surface area is 187 Å². The Bertz CT molecular complexity index is 1430. The van der Waals surface area contributed by atoms with Crippen molar-refractivity contribution in [3.63, 3.8) is 0 Å². The molecule has 0 radical (unpaired) electrons. The van der Waals surface area contributed by atoms with E-state index in [1.165, 1.54) is 6.33 Å². The summed E-state index contributed by atoms with van der Waals surface area (Å²) in [6, 6.07) is 5.23. The molecular weight excluding hydrogens is 430 g/mol. The molecule has 1 atom stereocenters. The number of Topliss-reactive ketones (excluding diaryl/α,β-unsaturated/α-hetero) is 1. The number of aromatic nitrogens is 5. The monoisotopic (exact) mass is 450 g/mol. The molecule has 0 aromatic carbocycles. The van der Waals surface area contributed by atoms with Crippen molar-refractivity contribution in [3.8, 4) is 11.1 Å². The van der Waals surface area contributed by atoms with Crippen molar-refractivity contribution >= 4 is 34.1 Å². The molecule has 0 spiro atoms. The third-order valence-electron chi connectivity index (χ3n) is 5.79. The Kier molecular flexibility index (Phi) is 4.88. The number of carbonyl (C=O) groups is 2. The van der Waals surface area contributed by atoms with Crippen LogP contribution < -0.4 is 5.32 Å². The average Bonchev–Trinajstić information content (AvgIpc) is 3.18. The number of aryl methyl sites for hydroxylation is 1. The highest BCUT2D eigenvalue weighted by atomic mass is 19.3. The van der Waals surface area contributed by atoms with E-state index in [0.717, 1.165) is 23.1 Å². The van der Waals surface area contributed by atoms with Crippen molar-refractivity contribution in [1.82, 2.24) is 24.6 Å². The fraction of sp³-hybridized carbons (Fsp3) is 0.304. The van der Waals surface area contributed by atoms with E-state index in [2.05, 4.69) is 25.4 Å². The lowest BCUT2D eigenvalue weighted by Crippen LogP contribution is -2.18. The molecule has 1 fully saturated rings. The highest BCUT2D eigenvalue weighted by molar-refractivity contribution is 5.98. The molecule has 33 heavy (non-hydrogen) atoms. The number of rotatable bonds is 6. The Morgan fingerprint density at radius 1 is 1.15 bits per heavy atom. The van der Waals surface area contributed by atoms with Gasteiger partial charge in [-0.25, -0.2) is 23.3 Å². The average molecular weight is 450 g/mol. The molecule has 0 aliphatic heterocycles. The predicted octanol–water partition coefficient (Wildman–Crippen LogP) is 4.22. The summed E-state index contributed by atoms with van der Waals surface area (Å²) >= 11 is 0. The molecule has 8 nitrogen and oxygen atoms in total. The lowest BCUT2D eigenvalue weighted by Gasteiger charge is -2.11. The van der Waals surface area contributed by atoms with Gasteiger partial charge in [0.25, 0.3) is 5.92 Å². The molecule has 0 saturated heterocycles. The number of carbonyl (C=O) groups excluding carboxylic acids is 2. The predicted molar refractivity (Wildman–Crippen MR) is 117 cm³/mol. The SMILES string of the molecule is CCCC(=O)c1cc(C)c(-c2cc3cnc(NC(=O)C4CC4(F)F)cc3n3ncnc23)cn1. The molecule has 1 unspecified atom stereocenters. The van der Waals surface area contributed by atoms with Gasteiger partial charge in [-0.15, -0.1) is 0 Å². The molecule has 10 heteroatoms. The third kappa shape index (κ3) is 3.71. The maximum absolute atomic E-state index is 13.2. The summed E-state index contributed by atoms with van der Waals surface area (Å²) in [4.78, 5) is 37.2. The second-order valence-electron chi connectivity index (χ2n) is 8.25. The Hall–Kier alpha value is -3.82. The maximum Gasteiger partial charge on any atom is 0.260 e. The first-order valence-corrected chi connectivity index (χ1v) is 10.6. The molecule has 1 saturated carbocycles. The van der Waals surface area contributed by atoms with E-state index in [0.29, 0.717) is 28.7 Å². The number of nitrogens with zero attached hydrogens (tertiary/aromatic N) is 5. The van der Waals surface area contributed by atoms with Gasteiger partial charge in [0.15, 0.2) is 11.4 Å². The van der Waals surface area contributed by atoms with Crippen molar-refractivity contribution in [1.29, 1.82) is 0 Å². The lowest BCUT2D eigenvalue weighted by molar-refractivity contribution is -0.119. The second kappa shape index (κ2) is 7.65. The van der Waals surface area contributed by atoms with Crippen LogP contribution in [0.4, 0.5) is 14.6 Å². The van der Waals surface area contributed by atoms with Crippen LogP contribution in [0.1, 0.15) is 42.2 Å². The van der Waals surface area contributed by atoms with E-state index in [4.69, 9.17) is 0 Å². The minimum absolute atomic E-state index is 0.000947. The zero-order chi connectivity index (χ0) is 23.3. The van der Waals surface area contributed by atoms with Crippen LogP contribution >= 0.6 is 0 Å². The number of nitrogens with one attached hydrogen (secondary N) is 1. The van der Waals surface area contributed by atoms with Gasteiger partial charge in [-0.1, -0.05) is 6.92 Å². The molecule has 168 valence electrons. The summed E-state index contributed by atoms with van der Waals surface area (Å²) in [5.41, 5.74) is 4.03. The van der Waals surface area contributed by atoms with Gasteiger partial charge in [0.05, 0.1) is 5.52 Å². The fourth-order valence-electron chi connectivity index (χ4n) is 3.89. The van der Waals surface area contributed by atoms with E-state index in [1.54, 1.807) is 29.0 Å². The van der Waals surface area contributed by atoms with E-state index < -0.39 is 24.2 Å². The minimum atomic E-state index is -2.95. The lowest BCUT2D eigenvalue weighted by atomic mass is 10.0. The zero-order valence-corrected chi connectivity index (χ0v) is 18.0. The van der Waals surface area contributed by atoms with Crippen LogP contribution in [0.3, 0.4) is 0 Å². The summed E-state index contributed by atoms with van der Waals surface area (Å²) in [5, 5.41) is 7.46. The standard InChI is InChI=1S/C23H20F2N6O2/c1-3-4-19(32)17-5-12(2)15(10-26-17)14-6-13-9-27-20(30-22(33)16-8-23(16,24)25)7-18(13)31-21(14)28-11-29-31/h5-7,9-11,16H,3-4,8H2,1-2H3,(H,27,30,33). The van der Waals surface area contributed by atoms with Gasteiger partial charge < -0.3 is 5.32 Å². The van der Waals surface area contributed by atoms with Crippen LogP contribution in [-0.4, -0.2) is 42.2 Å². The van der Waals surface area contributed by atoms with Gasteiger partial charge in [-0.3, -0.25) is 14.6 Å². The van der Waals surface area contributed by atoms with Crippen molar-refractivity contribution < 1.29 is 18.4 Å². The van der Waals surface area contributed by atoms with Crippen LogP contribution in [0, 0.1) is 12.8 Å².